The molecule has 0 N–H and O–H groups in total. The molecule has 0 aliphatic carbocycles. The number of esters is 2. The highest BCUT2D eigenvalue weighted by molar-refractivity contribution is 5.79. The summed E-state index contributed by atoms with van der Waals surface area (Å²) in [4.78, 5) is 23.6. The van der Waals surface area contributed by atoms with Crippen molar-refractivity contribution in [1.82, 2.24) is 0 Å². The molecule has 0 fully saturated rings. The molecule has 0 heterocycles. The molecule has 0 aliphatic rings. The summed E-state index contributed by atoms with van der Waals surface area (Å²) in [5.74, 6) is 0.0598. The van der Waals surface area contributed by atoms with E-state index in [1.807, 2.05) is 46.8 Å². The number of rotatable bonds is 7. The number of ether oxygens (including phenoxy) is 2. The van der Waals surface area contributed by atoms with E-state index in [9.17, 15) is 9.59 Å². The highest BCUT2D eigenvalue weighted by atomic mass is 16.5. The standard InChI is InChI=1S/C18H26O4/c1-6-15(12(2)3)21-17(19)10-11-18(20)22-16-9-7-8-13(4)14(16)5/h7-9,12,15H,6,10-11H2,1-5H3. The fraction of sp³-hybridized carbons (Fsp3) is 0.556. The summed E-state index contributed by atoms with van der Waals surface area (Å²) in [6.45, 7) is 9.86. The van der Waals surface area contributed by atoms with Gasteiger partial charge in [0.1, 0.15) is 11.9 Å². The van der Waals surface area contributed by atoms with E-state index in [2.05, 4.69) is 0 Å². The first-order valence-corrected chi connectivity index (χ1v) is 7.81. The predicted molar refractivity (Wildman–Crippen MR) is 85.8 cm³/mol. The Labute approximate surface area is 132 Å². The van der Waals surface area contributed by atoms with E-state index < -0.39 is 5.97 Å². The van der Waals surface area contributed by atoms with Gasteiger partial charge in [-0.2, -0.15) is 0 Å². The van der Waals surface area contributed by atoms with Crippen LogP contribution in [0.2, 0.25) is 0 Å². The van der Waals surface area contributed by atoms with E-state index in [0.717, 1.165) is 17.5 Å². The van der Waals surface area contributed by atoms with Crippen LogP contribution in [0.5, 0.6) is 5.75 Å². The largest absolute Gasteiger partial charge is 0.462 e. The fourth-order valence-electron chi connectivity index (χ4n) is 2.13. The molecule has 0 radical (unpaired) electrons. The van der Waals surface area contributed by atoms with Crippen molar-refractivity contribution < 1.29 is 19.1 Å². The van der Waals surface area contributed by atoms with Crippen LogP contribution in [0.1, 0.15) is 51.2 Å². The highest BCUT2D eigenvalue weighted by Crippen LogP contribution is 2.21. The molecule has 4 heteroatoms. The van der Waals surface area contributed by atoms with Gasteiger partial charge < -0.3 is 9.47 Å². The Morgan fingerprint density at radius 2 is 1.73 bits per heavy atom. The molecule has 0 aromatic heterocycles. The third-order valence-corrected chi connectivity index (χ3v) is 3.74. The van der Waals surface area contributed by atoms with Crippen LogP contribution in [0, 0.1) is 19.8 Å². The van der Waals surface area contributed by atoms with Crippen LogP contribution >= 0.6 is 0 Å². The maximum atomic E-state index is 11.8. The zero-order valence-corrected chi connectivity index (χ0v) is 14.1. The van der Waals surface area contributed by atoms with Gasteiger partial charge in [-0.3, -0.25) is 9.59 Å². The van der Waals surface area contributed by atoms with Gasteiger partial charge in [0.15, 0.2) is 0 Å². The van der Waals surface area contributed by atoms with Gasteiger partial charge in [-0.25, -0.2) is 0 Å². The van der Waals surface area contributed by atoms with Gasteiger partial charge in [-0.15, -0.1) is 0 Å². The summed E-state index contributed by atoms with van der Waals surface area (Å²) in [6.07, 6.45) is 0.756. The number of aryl methyl sites for hydroxylation is 1. The first kappa shape index (κ1) is 18.2. The van der Waals surface area contributed by atoms with Crippen molar-refractivity contribution in [3.05, 3.63) is 29.3 Å². The van der Waals surface area contributed by atoms with Crippen molar-refractivity contribution in [2.75, 3.05) is 0 Å². The molecule has 0 saturated carbocycles. The van der Waals surface area contributed by atoms with Gasteiger partial charge in [0.05, 0.1) is 12.8 Å². The lowest BCUT2D eigenvalue weighted by Crippen LogP contribution is -2.23. The molecule has 1 unspecified atom stereocenters. The Kier molecular flexibility index (Phi) is 7.09. The number of hydrogen-bond acceptors (Lipinski definition) is 4. The molecule has 0 spiro atoms. The minimum absolute atomic E-state index is 0.0285. The summed E-state index contributed by atoms with van der Waals surface area (Å²) < 4.78 is 10.7. The van der Waals surface area contributed by atoms with Crippen molar-refractivity contribution in [2.45, 2.75) is 60.0 Å². The second-order valence-corrected chi connectivity index (χ2v) is 5.85. The lowest BCUT2D eigenvalue weighted by Gasteiger charge is -2.19. The summed E-state index contributed by atoms with van der Waals surface area (Å²) in [6, 6.07) is 5.55. The average Bonchev–Trinajstić information content (AvgIpc) is 2.47. The Morgan fingerprint density at radius 3 is 2.32 bits per heavy atom. The molecule has 0 aliphatic heterocycles. The Morgan fingerprint density at radius 1 is 1.09 bits per heavy atom. The Bertz CT molecular complexity index is 520. The molecule has 0 amide bonds. The summed E-state index contributed by atoms with van der Waals surface area (Å²) in [5, 5.41) is 0. The summed E-state index contributed by atoms with van der Waals surface area (Å²) in [5.41, 5.74) is 2.00. The Balaban J connectivity index is 2.46. The number of benzene rings is 1. The first-order valence-electron chi connectivity index (χ1n) is 7.81. The lowest BCUT2D eigenvalue weighted by molar-refractivity contribution is -0.153. The van der Waals surface area contributed by atoms with Crippen molar-refractivity contribution >= 4 is 11.9 Å². The average molecular weight is 306 g/mol. The van der Waals surface area contributed by atoms with Crippen molar-refractivity contribution in [3.63, 3.8) is 0 Å². The molecule has 1 aromatic carbocycles. The van der Waals surface area contributed by atoms with E-state index in [1.54, 1.807) is 6.07 Å². The van der Waals surface area contributed by atoms with Crippen LogP contribution in [0.3, 0.4) is 0 Å². The van der Waals surface area contributed by atoms with Gasteiger partial charge in [0, 0.05) is 0 Å². The molecule has 1 aromatic rings. The predicted octanol–water partition coefficient (Wildman–Crippen LogP) is 3.97. The second kappa shape index (κ2) is 8.57. The zero-order chi connectivity index (χ0) is 16.7. The van der Waals surface area contributed by atoms with E-state index >= 15 is 0 Å². The van der Waals surface area contributed by atoms with Crippen LogP contribution in [0.25, 0.3) is 0 Å². The number of hydrogen-bond donors (Lipinski definition) is 0. The van der Waals surface area contributed by atoms with Gasteiger partial charge >= 0.3 is 11.9 Å². The topological polar surface area (TPSA) is 52.6 Å². The minimum Gasteiger partial charge on any atom is -0.462 e. The third-order valence-electron chi connectivity index (χ3n) is 3.74. The normalized spacial score (nSPS) is 12.1. The Hall–Kier alpha value is -1.84. The second-order valence-electron chi connectivity index (χ2n) is 5.85. The molecule has 122 valence electrons. The van der Waals surface area contributed by atoms with E-state index in [-0.39, 0.29) is 30.8 Å². The third kappa shape index (κ3) is 5.51. The molecular formula is C18H26O4. The molecule has 0 saturated heterocycles. The molecule has 0 bridgehead atoms. The van der Waals surface area contributed by atoms with E-state index in [0.29, 0.717) is 5.75 Å². The fourth-order valence-corrected chi connectivity index (χ4v) is 2.13. The zero-order valence-electron chi connectivity index (χ0n) is 14.1. The molecule has 4 nitrogen and oxygen atoms in total. The van der Waals surface area contributed by atoms with Crippen molar-refractivity contribution in [2.24, 2.45) is 5.92 Å². The first-order chi connectivity index (χ1) is 10.3. The monoisotopic (exact) mass is 306 g/mol. The smallest absolute Gasteiger partial charge is 0.311 e. The number of carbonyl (C=O) groups is 2. The molecule has 1 rings (SSSR count). The van der Waals surface area contributed by atoms with E-state index in [4.69, 9.17) is 9.47 Å². The van der Waals surface area contributed by atoms with Crippen molar-refractivity contribution in [1.29, 1.82) is 0 Å². The van der Waals surface area contributed by atoms with Gasteiger partial charge in [0.25, 0.3) is 0 Å². The molecular weight excluding hydrogens is 280 g/mol. The van der Waals surface area contributed by atoms with Crippen LogP contribution in [0.4, 0.5) is 0 Å². The van der Waals surface area contributed by atoms with E-state index in [1.165, 1.54) is 0 Å². The van der Waals surface area contributed by atoms with Gasteiger partial charge in [-0.1, -0.05) is 32.9 Å². The van der Waals surface area contributed by atoms with Crippen LogP contribution in [-0.2, 0) is 14.3 Å². The quantitative estimate of drug-likeness (QED) is 0.565. The van der Waals surface area contributed by atoms with Crippen LogP contribution in [-0.4, -0.2) is 18.0 Å². The molecule has 1 atom stereocenters. The van der Waals surface area contributed by atoms with Gasteiger partial charge in [-0.05, 0) is 43.4 Å². The summed E-state index contributed by atoms with van der Waals surface area (Å²) in [7, 11) is 0. The SMILES string of the molecule is CCC(OC(=O)CCC(=O)Oc1cccc(C)c1C)C(C)C. The van der Waals surface area contributed by atoms with Crippen LogP contribution < -0.4 is 4.74 Å². The maximum absolute atomic E-state index is 11.8. The van der Waals surface area contributed by atoms with Gasteiger partial charge in [0.2, 0.25) is 0 Å². The number of carbonyl (C=O) groups excluding carboxylic acids is 2. The minimum atomic E-state index is -0.414. The maximum Gasteiger partial charge on any atom is 0.311 e. The molecule has 22 heavy (non-hydrogen) atoms. The lowest BCUT2D eigenvalue weighted by atomic mass is 10.1. The highest BCUT2D eigenvalue weighted by Gasteiger charge is 2.18. The van der Waals surface area contributed by atoms with Crippen LogP contribution in [0.15, 0.2) is 18.2 Å². The van der Waals surface area contributed by atoms with Crippen molar-refractivity contribution in [3.8, 4) is 5.75 Å². The summed E-state index contributed by atoms with van der Waals surface area (Å²) >= 11 is 0.